The van der Waals surface area contributed by atoms with Crippen LogP contribution in [0.15, 0.2) is 58.4 Å². The van der Waals surface area contributed by atoms with Crippen molar-refractivity contribution < 1.29 is 9.42 Å². The van der Waals surface area contributed by atoms with Crippen molar-refractivity contribution in [1.29, 1.82) is 0 Å². The molecule has 0 radical (unpaired) electrons. The minimum Gasteiger partial charge on any atom is -0.379 e. The van der Waals surface area contributed by atoms with E-state index in [1.165, 1.54) is 0 Å². The number of hydrogen-bond donors (Lipinski definition) is 2. The summed E-state index contributed by atoms with van der Waals surface area (Å²) in [6.07, 6.45) is 3.47. The maximum absolute atomic E-state index is 12.0. The third-order valence-corrected chi connectivity index (χ3v) is 4.86. The van der Waals surface area contributed by atoms with Gasteiger partial charge in [0.1, 0.15) is 0 Å². The molecule has 0 aliphatic heterocycles. The number of benzene rings is 2. The first-order valence-corrected chi connectivity index (χ1v) is 9.22. The number of carbonyl (C=O) groups is 1. The first kappa shape index (κ1) is 19.0. The van der Waals surface area contributed by atoms with Crippen LogP contribution in [-0.2, 0) is 6.54 Å². The summed E-state index contributed by atoms with van der Waals surface area (Å²) in [6.45, 7) is 0.553. The molecule has 1 amide bonds. The van der Waals surface area contributed by atoms with Crippen LogP contribution in [0.1, 0.15) is 21.6 Å². The zero-order valence-corrected chi connectivity index (χ0v) is 16.4. The highest BCUT2D eigenvalue weighted by molar-refractivity contribution is 6.35. The zero-order valence-electron chi connectivity index (χ0n) is 14.8. The Morgan fingerprint density at radius 2 is 2.07 bits per heavy atom. The molecule has 4 aromatic rings. The second-order valence-corrected chi connectivity index (χ2v) is 7.01. The Morgan fingerprint density at radius 3 is 2.83 bits per heavy atom. The molecule has 8 nitrogen and oxygen atoms in total. The fraction of sp³-hybridized carbons (Fsp3) is 0.0526. The summed E-state index contributed by atoms with van der Waals surface area (Å²) in [4.78, 5) is 12.0. The molecule has 0 aliphatic carbocycles. The molecule has 4 rings (SSSR count). The summed E-state index contributed by atoms with van der Waals surface area (Å²) in [7, 11) is 0. The maximum atomic E-state index is 12.0. The van der Waals surface area contributed by atoms with Crippen LogP contribution in [0.25, 0.3) is 10.9 Å². The lowest BCUT2D eigenvalue weighted by Gasteiger charge is -2.08. The molecule has 10 heteroatoms. The van der Waals surface area contributed by atoms with Gasteiger partial charge in [0.15, 0.2) is 0 Å². The number of rotatable bonds is 5. The number of carbonyl (C=O) groups excluding carboxylic acids is 1. The third kappa shape index (κ3) is 3.94. The number of para-hydroxylation sites is 1. The minimum absolute atomic E-state index is 0.103. The Bertz CT molecular complexity index is 1230. The molecule has 0 saturated heterocycles. The van der Waals surface area contributed by atoms with Gasteiger partial charge in [-0.15, -0.1) is 0 Å². The summed E-state index contributed by atoms with van der Waals surface area (Å²) in [5.74, 6) is -0.717. The SMILES string of the molecule is Nc1nonc1C(=O)NN=Cc1cn(Cc2ccc(Cl)cc2Cl)c2ccccc12. The number of nitrogen functional groups attached to an aromatic ring is 1. The van der Waals surface area contributed by atoms with Crippen molar-refractivity contribution in [3.63, 3.8) is 0 Å². The summed E-state index contributed by atoms with van der Waals surface area (Å²) >= 11 is 12.3. The van der Waals surface area contributed by atoms with Crippen LogP contribution in [0.2, 0.25) is 10.0 Å². The van der Waals surface area contributed by atoms with E-state index < -0.39 is 5.91 Å². The van der Waals surface area contributed by atoms with Crippen LogP contribution in [0, 0.1) is 0 Å². The summed E-state index contributed by atoms with van der Waals surface area (Å²) in [5, 5.41) is 12.9. The number of nitrogens with zero attached hydrogens (tertiary/aromatic N) is 4. The molecule has 2 heterocycles. The summed E-state index contributed by atoms with van der Waals surface area (Å²) in [6, 6.07) is 13.3. The van der Waals surface area contributed by atoms with Crippen molar-refractivity contribution in [3.05, 3.63) is 75.5 Å². The van der Waals surface area contributed by atoms with E-state index >= 15 is 0 Å². The second-order valence-electron chi connectivity index (χ2n) is 6.16. The Morgan fingerprint density at radius 1 is 1.24 bits per heavy atom. The quantitative estimate of drug-likeness (QED) is 0.371. The lowest BCUT2D eigenvalue weighted by atomic mass is 10.2. The Labute approximate surface area is 174 Å². The lowest BCUT2D eigenvalue weighted by Crippen LogP contribution is -2.19. The highest BCUT2D eigenvalue weighted by Gasteiger charge is 2.15. The van der Waals surface area contributed by atoms with E-state index in [-0.39, 0.29) is 11.5 Å². The highest BCUT2D eigenvalue weighted by Crippen LogP contribution is 2.25. The van der Waals surface area contributed by atoms with Gasteiger partial charge in [-0.05, 0) is 34.1 Å². The van der Waals surface area contributed by atoms with Gasteiger partial charge in [0.05, 0.1) is 6.21 Å². The van der Waals surface area contributed by atoms with E-state index in [1.807, 2.05) is 41.1 Å². The van der Waals surface area contributed by atoms with Gasteiger partial charge in [0, 0.05) is 39.3 Å². The van der Waals surface area contributed by atoms with Crippen molar-refractivity contribution >= 4 is 52.0 Å². The molecule has 3 N–H and O–H groups in total. The van der Waals surface area contributed by atoms with Crippen LogP contribution >= 0.6 is 23.2 Å². The Kier molecular flexibility index (Phi) is 5.20. The van der Waals surface area contributed by atoms with E-state index in [2.05, 4.69) is 25.5 Å². The van der Waals surface area contributed by atoms with E-state index in [0.717, 1.165) is 22.0 Å². The molecule has 0 spiro atoms. The van der Waals surface area contributed by atoms with Crippen molar-refractivity contribution in [3.8, 4) is 0 Å². The summed E-state index contributed by atoms with van der Waals surface area (Å²) < 4.78 is 6.45. The molecule has 0 unspecified atom stereocenters. The molecular formula is C19H14Cl2N6O2. The topological polar surface area (TPSA) is 111 Å². The molecule has 0 aliphatic rings. The molecule has 2 aromatic heterocycles. The van der Waals surface area contributed by atoms with Crippen LogP contribution in [0.4, 0.5) is 5.82 Å². The third-order valence-electron chi connectivity index (χ3n) is 4.27. The molecule has 2 aromatic carbocycles. The van der Waals surface area contributed by atoms with Crippen molar-refractivity contribution in [2.45, 2.75) is 6.54 Å². The van der Waals surface area contributed by atoms with E-state index in [0.29, 0.717) is 16.6 Å². The smallest absolute Gasteiger partial charge is 0.297 e. The average Bonchev–Trinajstić information content (AvgIpc) is 3.28. The number of hydrogen-bond acceptors (Lipinski definition) is 6. The van der Waals surface area contributed by atoms with Gasteiger partial charge in [-0.25, -0.2) is 10.1 Å². The molecule has 0 fully saturated rings. The molecule has 0 saturated carbocycles. The van der Waals surface area contributed by atoms with Gasteiger partial charge >= 0.3 is 0 Å². The standard InChI is InChI=1S/C19H14Cl2N6O2/c20-13-6-5-11(15(21)7-13)9-27-10-12(14-3-1-2-4-16(14)27)8-23-24-19(28)17-18(22)26-29-25-17/h1-8,10H,9H2,(H2,22,26)(H,24,28). The van der Waals surface area contributed by atoms with Crippen LogP contribution in [-0.4, -0.2) is 27.0 Å². The largest absolute Gasteiger partial charge is 0.379 e. The van der Waals surface area contributed by atoms with E-state index in [4.69, 9.17) is 28.9 Å². The number of anilines is 1. The van der Waals surface area contributed by atoms with E-state index in [9.17, 15) is 4.79 Å². The molecular weight excluding hydrogens is 415 g/mol. The molecule has 146 valence electrons. The van der Waals surface area contributed by atoms with Gasteiger partial charge in [0.25, 0.3) is 5.91 Å². The lowest BCUT2D eigenvalue weighted by molar-refractivity contribution is 0.0946. The van der Waals surface area contributed by atoms with Crippen molar-refractivity contribution in [2.24, 2.45) is 5.10 Å². The van der Waals surface area contributed by atoms with Crippen LogP contribution in [0.3, 0.4) is 0 Å². The maximum Gasteiger partial charge on any atom is 0.297 e. The number of hydrazone groups is 1. The van der Waals surface area contributed by atoms with Gasteiger partial charge in [-0.1, -0.05) is 47.5 Å². The van der Waals surface area contributed by atoms with Crippen molar-refractivity contribution in [1.82, 2.24) is 20.3 Å². The molecule has 0 bridgehead atoms. The first-order chi connectivity index (χ1) is 14.0. The minimum atomic E-state index is -0.614. The van der Waals surface area contributed by atoms with Gasteiger partial charge in [-0.2, -0.15) is 5.10 Å². The number of nitrogens with two attached hydrogens (primary N) is 1. The predicted molar refractivity (Wildman–Crippen MR) is 111 cm³/mol. The Hall–Kier alpha value is -3.36. The summed E-state index contributed by atoms with van der Waals surface area (Å²) in [5.41, 5.74) is 10.5. The fourth-order valence-electron chi connectivity index (χ4n) is 2.91. The first-order valence-electron chi connectivity index (χ1n) is 8.46. The van der Waals surface area contributed by atoms with Gasteiger partial charge in [-0.3, -0.25) is 4.79 Å². The highest BCUT2D eigenvalue weighted by atomic mass is 35.5. The van der Waals surface area contributed by atoms with Crippen LogP contribution < -0.4 is 11.2 Å². The number of amides is 1. The van der Waals surface area contributed by atoms with Gasteiger partial charge < -0.3 is 10.3 Å². The zero-order chi connectivity index (χ0) is 20.4. The predicted octanol–water partition coefficient (Wildman–Crippen LogP) is 3.73. The number of aromatic nitrogens is 3. The number of fused-ring (bicyclic) bond motifs is 1. The van der Waals surface area contributed by atoms with Gasteiger partial charge in [0.2, 0.25) is 11.5 Å². The number of halogens is 2. The second kappa shape index (κ2) is 7.94. The monoisotopic (exact) mass is 428 g/mol. The van der Waals surface area contributed by atoms with Crippen LogP contribution in [0.5, 0.6) is 0 Å². The Balaban J connectivity index is 1.60. The molecule has 29 heavy (non-hydrogen) atoms. The number of nitrogens with one attached hydrogen (secondary N) is 1. The van der Waals surface area contributed by atoms with Crippen molar-refractivity contribution in [2.75, 3.05) is 5.73 Å². The fourth-order valence-corrected chi connectivity index (χ4v) is 3.38. The molecule has 0 atom stereocenters. The average molecular weight is 429 g/mol. The van der Waals surface area contributed by atoms with E-state index in [1.54, 1.807) is 18.3 Å². The normalized spacial score (nSPS) is 11.4.